The van der Waals surface area contributed by atoms with Gasteiger partial charge in [0, 0.05) is 60.2 Å². The van der Waals surface area contributed by atoms with Crippen LogP contribution in [0.15, 0.2) is 0 Å². The first-order valence-corrected chi connectivity index (χ1v) is 21.2. The Morgan fingerprint density at radius 1 is 0.652 bits per heavy atom. The van der Waals surface area contributed by atoms with Crippen LogP contribution in [0.1, 0.15) is 122 Å². The molecule has 258 valence electrons. The number of piperidine rings is 7. The van der Waals surface area contributed by atoms with E-state index in [0.717, 1.165) is 71.8 Å². The van der Waals surface area contributed by atoms with Gasteiger partial charge in [0.25, 0.3) is 0 Å². The Bertz CT molecular complexity index is 1100. The van der Waals surface area contributed by atoms with Crippen molar-refractivity contribution in [1.29, 1.82) is 0 Å². The second-order valence-electron chi connectivity index (χ2n) is 18.8. The second-order valence-corrected chi connectivity index (χ2v) is 18.8. The minimum absolute atomic E-state index is 0.526. The Kier molecular flexibility index (Phi) is 8.12. The molecule has 8 saturated heterocycles. The number of nitrogens with zero attached hydrogens (tertiary/aromatic N) is 3. The maximum atomic E-state index is 4.55. The zero-order valence-electron chi connectivity index (χ0n) is 29.4. The van der Waals surface area contributed by atoms with Crippen molar-refractivity contribution in [3.63, 3.8) is 0 Å². The van der Waals surface area contributed by atoms with Gasteiger partial charge in [-0.25, -0.2) is 0 Å². The third-order valence-electron chi connectivity index (χ3n) is 17.1. The van der Waals surface area contributed by atoms with Gasteiger partial charge in [0.2, 0.25) is 0 Å². The van der Waals surface area contributed by atoms with E-state index in [4.69, 9.17) is 0 Å². The quantitative estimate of drug-likeness (QED) is 0.385. The molecule has 6 heteroatoms. The molecule has 15 atom stereocenters. The van der Waals surface area contributed by atoms with Gasteiger partial charge in [0.05, 0.1) is 6.17 Å². The van der Waals surface area contributed by atoms with Crippen LogP contribution >= 0.6 is 0 Å². The highest BCUT2D eigenvalue weighted by atomic mass is 15.4. The summed E-state index contributed by atoms with van der Waals surface area (Å²) in [7, 11) is 0. The van der Waals surface area contributed by atoms with Crippen LogP contribution in [0.3, 0.4) is 0 Å². The van der Waals surface area contributed by atoms with Crippen LogP contribution in [0, 0.1) is 40.9 Å². The summed E-state index contributed by atoms with van der Waals surface area (Å²) in [5.41, 5.74) is 0.526. The number of hydrogen-bond donors (Lipinski definition) is 3. The van der Waals surface area contributed by atoms with Crippen molar-refractivity contribution in [3.8, 4) is 0 Å². The zero-order chi connectivity index (χ0) is 30.4. The second kappa shape index (κ2) is 12.2. The third kappa shape index (κ3) is 4.75. The predicted octanol–water partition coefficient (Wildman–Crippen LogP) is 5.43. The molecule has 6 nitrogen and oxygen atoms in total. The fourth-order valence-corrected chi connectivity index (χ4v) is 15.7. The molecule has 8 heterocycles. The summed E-state index contributed by atoms with van der Waals surface area (Å²) in [4.78, 5) is 9.10. The van der Waals surface area contributed by atoms with Gasteiger partial charge in [-0.15, -0.1) is 0 Å². The Balaban J connectivity index is 0.884. The molecule has 3 unspecified atom stereocenters. The van der Waals surface area contributed by atoms with Crippen molar-refractivity contribution in [1.82, 2.24) is 30.7 Å². The fourth-order valence-electron chi connectivity index (χ4n) is 15.7. The molecule has 46 heavy (non-hydrogen) atoms. The van der Waals surface area contributed by atoms with E-state index < -0.39 is 0 Å². The highest BCUT2D eigenvalue weighted by molar-refractivity contribution is 5.20. The predicted molar refractivity (Wildman–Crippen MR) is 187 cm³/mol. The van der Waals surface area contributed by atoms with Gasteiger partial charge >= 0.3 is 0 Å². The normalized spacial score (nSPS) is 54.5. The minimum atomic E-state index is 0.526. The van der Waals surface area contributed by atoms with Crippen molar-refractivity contribution in [2.24, 2.45) is 40.9 Å². The van der Waals surface area contributed by atoms with Crippen molar-refractivity contribution in [3.05, 3.63) is 0 Å². The average Bonchev–Trinajstić information content (AvgIpc) is 3.50. The Labute approximate surface area is 281 Å². The molecule has 0 radical (unpaired) electrons. The highest BCUT2D eigenvalue weighted by Gasteiger charge is 2.65. The van der Waals surface area contributed by atoms with E-state index in [1.807, 2.05) is 0 Å². The van der Waals surface area contributed by atoms with E-state index in [9.17, 15) is 0 Å². The molecule has 10 aliphatic rings. The molecule has 0 aromatic heterocycles. The summed E-state index contributed by atoms with van der Waals surface area (Å²) < 4.78 is 0. The topological polar surface area (TPSA) is 45.8 Å². The zero-order valence-corrected chi connectivity index (χ0v) is 29.4. The largest absolute Gasteiger partial charge is 0.313 e. The van der Waals surface area contributed by atoms with Gasteiger partial charge in [-0.05, 0) is 159 Å². The number of nitrogens with one attached hydrogen (secondary N) is 3. The highest BCUT2D eigenvalue weighted by Crippen LogP contribution is 2.60. The van der Waals surface area contributed by atoms with Crippen LogP contribution in [0.5, 0.6) is 0 Å². The minimum Gasteiger partial charge on any atom is -0.313 e. The van der Waals surface area contributed by atoms with Crippen molar-refractivity contribution in [2.75, 3.05) is 39.3 Å². The van der Waals surface area contributed by atoms with E-state index in [0.29, 0.717) is 17.6 Å². The smallest absolute Gasteiger partial charge is 0.0646 e. The third-order valence-corrected chi connectivity index (χ3v) is 17.1. The van der Waals surface area contributed by atoms with Crippen molar-refractivity contribution in [2.45, 2.75) is 171 Å². The lowest BCUT2D eigenvalue weighted by atomic mass is 9.50. The Morgan fingerprint density at radius 2 is 1.52 bits per heavy atom. The van der Waals surface area contributed by atoms with Crippen LogP contribution < -0.4 is 16.0 Å². The van der Waals surface area contributed by atoms with Crippen molar-refractivity contribution >= 4 is 0 Å². The number of likely N-dealkylation sites (tertiary alicyclic amines) is 1. The molecule has 10 fully saturated rings. The van der Waals surface area contributed by atoms with E-state index >= 15 is 0 Å². The van der Waals surface area contributed by atoms with Gasteiger partial charge in [-0.3, -0.25) is 15.1 Å². The monoisotopic (exact) mass is 633 g/mol. The van der Waals surface area contributed by atoms with E-state index in [-0.39, 0.29) is 0 Å². The summed E-state index contributed by atoms with van der Waals surface area (Å²) in [5.74, 6) is 5.43. The lowest BCUT2D eigenvalue weighted by Gasteiger charge is -2.72. The maximum Gasteiger partial charge on any atom is 0.0646 e. The molecule has 8 aliphatic heterocycles. The molecule has 2 aliphatic carbocycles. The van der Waals surface area contributed by atoms with E-state index in [1.54, 1.807) is 12.8 Å². The summed E-state index contributed by atoms with van der Waals surface area (Å²) in [6.07, 6.45) is 27.0. The van der Waals surface area contributed by atoms with Crippen LogP contribution in [0.2, 0.25) is 0 Å². The molecule has 3 N–H and O–H groups in total. The SMILES string of the molecule is CCN1CCCC[C@@H]1[C@H]1CC(C2CCC[C@H](C3CC[C@@H]4N[C@@H]3N3CCC[C@H]5C[C@@H]6C[C@]4(CN4CCCC[C@H]64)[C@H]53)N2)[C@@H]2NCCC[C@@H]12. The molecule has 10 rings (SSSR count). The molecule has 0 aromatic carbocycles. The van der Waals surface area contributed by atoms with Crippen LogP contribution in [0.25, 0.3) is 0 Å². The van der Waals surface area contributed by atoms with E-state index in [2.05, 4.69) is 37.6 Å². The molecule has 2 saturated carbocycles. The molecule has 0 aromatic rings. The Hall–Kier alpha value is -0.240. The number of hydrogen-bond acceptors (Lipinski definition) is 6. The molecular formula is C40H68N6. The number of fused-ring (bicyclic) bond motifs is 7. The first-order chi connectivity index (χ1) is 22.7. The molecule has 1 spiro atoms. The van der Waals surface area contributed by atoms with Gasteiger partial charge in [-0.2, -0.15) is 0 Å². The standard InChI is InChI=1S/C40H68N6/c1-2-44-19-5-4-15-35(44)30-23-31(37-28(30)11-8-18-41-37)33-13-7-12-32(42-33)29-16-17-36-40-24-27(34-14-3-6-20-45(34)25-40)22-26-10-9-21-46(38(26)40)39(29)43-36/h26-39,41-43H,2-25H2,1H3/t26-,27+,28-,29?,30-,31?,32+,33?,34+,35+,36-,37+,38-,39+,40+/m0/s1. The van der Waals surface area contributed by atoms with E-state index in [1.165, 1.54) is 142 Å². The fraction of sp³-hybridized carbons (Fsp3) is 1.00. The van der Waals surface area contributed by atoms with Crippen LogP contribution in [0.4, 0.5) is 0 Å². The summed E-state index contributed by atoms with van der Waals surface area (Å²) in [6, 6.07) is 5.60. The summed E-state index contributed by atoms with van der Waals surface area (Å²) in [6.45, 7) is 10.5. The van der Waals surface area contributed by atoms with Crippen LogP contribution in [-0.4, -0.2) is 102 Å². The Morgan fingerprint density at radius 3 is 2.43 bits per heavy atom. The van der Waals surface area contributed by atoms with Gasteiger partial charge in [0.15, 0.2) is 0 Å². The lowest BCUT2D eigenvalue weighted by Crippen LogP contribution is -2.82. The molecule has 0 amide bonds. The van der Waals surface area contributed by atoms with Crippen molar-refractivity contribution < 1.29 is 0 Å². The lowest BCUT2D eigenvalue weighted by molar-refractivity contribution is -0.210. The average molecular weight is 633 g/mol. The number of rotatable bonds is 4. The summed E-state index contributed by atoms with van der Waals surface area (Å²) >= 11 is 0. The van der Waals surface area contributed by atoms with Gasteiger partial charge in [-0.1, -0.05) is 26.2 Å². The maximum absolute atomic E-state index is 4.55. The van der Waals surface area contributed by atoms with Crippen LogP contribution in [-0.2, 0) is 0 Å². The first kappa shape index (κ1) is 30.6. The first-order valence-electron chi connectivity index (χ1n) is 21.2. The molecular weight excluding hydrogens is 564 g/mol. The van der Waals surface area contributed by atoms with Gasteiger partial charge in [0.1, 0.15) is 0 Å². The molecule has 4 bridgehead atoms. The summed E-state index contributed by atoms with van der Waals surface area (Å²) in [5, 5.41) is 13.3. The van der Waals surface area contributed by atoms with Gasteiger partial charge < -0.3 is 15.5 Å².